The molecule has 138 valence electrons. The summed E-state index contributed by atoms with van der Waals surface area (Å²) in [7, 11) is 0. The quantitative estimate of drug-likeness (QED) is 0.790. The number of carbonyl (C=O) groups is 2. The van der Waals surface area contributed by atoms with Gasteiger partial charge in [-0.1, -0.05) is 38.1 Å². The number of amides is 2. The van der Waals surface area contributed by atoms with E-state index in [1.54, 1.807) is 16.2 Å². The Bertz CT molecular complexity index is 770. The van der Waals surface area contributed by atoms with Crippen molar-refractivity contribution >= 4 is 23.7 Å². The number of aryl methyl sites for hydroxylation is 1. The lowest BCUT2D eigenvalue weighted by Gasteiger charge is -2.27. The van der Waals surface area contributed by atoms with Crippen molar-refractivity contribution in [2.45, 2.75) is 45.7 Å². The zero-order chi connectivity index (χ0) is 18.7. The molecular formula is C20H25N3O2S. The van der Waals surface area contributed by atoms with Gasteiger partial charge >= 0.3 is 0 Å². The summed E-state index contributed by atoms with van der Waals surface area (Å²) in [5, 5.41) is 3.16. The van der Waals surface area contributed by atoms with Gasteiger partial charge < -0.3 is 10.2 Å². The molecule has 1 aromatic carbocycles. The summed E-state index contributed by atoms with van der Waals surface area (Å²) in [5.41, 5.74) is 5.11. The Morgan fingerprint density at radius 2 is 2.08 bits per heavy atom. The number of benzene rings is 1. The molecule has 1 aliphatic heterocycles. The Labute approximate surface area is 158 Å². The molecule has 1 aromatic heterocycles. The Hall–Kier alpha value is -2.21. The molecule has 2 amide bonds. The van der Waals surface area contributed by atoms with E-state index < -0.39 is 0 Å². The first-order valence-electron chi connectivity index (χ1n) is 9.03. The molecule has 5 nitrogen and oxygen atoms in total. The minimum atomic E-state index is -0.340. The molecule has 2 atom stereocenters. The van der Waals surface area contributed by atoms with Gasteiger partial charge in [0.25, 0.3) is 0 Å². The first-order chi connectivity index (χ1) is 12.5. The van der Waals surface area contributed by atoms with Gasteiger partial charge in [0.2, 0.25) is 12.3 Å². The van der Waals surface area contributed by atoms with Crippen molar-refractivity contribution in [3.8, 4) is 10.4 Å². The molecule has 2 aromatic rings. The molecule has 3 rings (SSSR count). The van der Waals surface area contributed by atoms with Crippen molar-refractivity contribution in [3.63, 3.8) is 0 Å². The molecule has 6 heteroatoms. The van der Waals surface area contributed by atoms with Gasteiger partial charge in [-0.25, -0.2) is 4.98 Å². The minimum absolute atomic E-state index is 0.0596. The summed E-state index contributed by atoms with van der Waals surface area (Å²) in [6, 6.07) is 7.91. The summed E-state index contributed by atoms with van der Waals surface area (Å²) >= 11 is 1.63. The van der Waals surface area contributed by atoms with Gasteiger partial charge in [-0.15, -0.1) is 11.3 Å². The monoisotopic (exact) mass is 371 g/mol. The van der Waals surface area contributed by atoms with E-state index in [2.05, 4.69) is 48.4 Å². The van der Waals surface area contributed by atoms with Crippen LogP contribution in [-0.4, -0.2) is 34.8 Å². The molecule has 2 heterocycles. The molecule has 0 aliphatic carbocycles. The van der Waals surface area contributed by atoms with Crippen molar-refractivity contribution in [2.75, 3.05) is 6.54 Å². The number of nitrogens with one attached hydrogen (secondary N) is 1. The van der Waals surface area contributed by atoms with Crippen LogP contribution in [0.1, 0.15) is 44.0 Å². The zero-order valence-electron chi connectivity index (χ0n) is 15.4. The molecule has 1 aliphatic rings. The lowest BCUT2D eigenvalue weighted by molar-refractivity contribution is -0.131. The molecule has 1 saturated heterocycles. The topological polar surface area (TPSA) is 62.3 Å². The van der Waals surface area contributed by atoms with E-state index in [0.29, 0.717) is 6.54 Å². The van der Waals surface area contributed by atoms with Gasteiger partial charge in [-0.2, -0.15) is 0 Å². The molecule has 0 radical (unpaired) electrons. The van der Waals surface area contributed by atoms with Crippen molar-refractivity contribution in [2.24, 2.45) is 5.92 Å². The van der Waals surface area contributed by atoms with Crippen molar-refractivity contribution in [1.82, 2.24) is 15.2 Å². The normalized spacial score (nSPS) is 18.2. The lowest BCUT2D eigenvalue weighted by atomic mass is 9.94. The highest BCUT2D eigenvalue weighted by atomic mass is 32.1. The largest absolute Gasteiger partial charge is 0.347 e. The number of hydrogen-bond acceptors (Lipinski definition) is 4. The summed E-state index contributed by atoms with van der Waals surface area (Å²) in [4.78, 5) is 30.9. The Balaban J connectivity index is 1.76. The minimum Gasteiger partial charge on any atom is -0.347 e. The van der Waals surface area contributed by atoms with Gasteiger partial charge in [-0.3, -0.25) is 9.59 Å². The van der Waals surface area contributed by atoms with Crippen LogP contribution in [0, 0.1) is 12.8 Å². The fourth-order valence-electron chi connectivity index (χ4n) is 3.50. The molecule has 2 unspecified atom stereocenters. The molecule has 0 spiro atoms. The second-order valence-electron chi connectivity index (χ2n) is 7.12. The number of hydrogen-bond donors (Lipinski definition) is 1. The van der Waals surface area contributed by atoms with Crippen LogP contribution in [0.5, 0.6) is 0 Å². The highest BCUT2D eigenvalue weighted by Crippen LogP contribution is 2.30. The average molecular weight is 372 g/mol. The standard InChI is InChI=1S/C20H25N3O2S/c1-13(2)18(22-20(25)17-5-4-10-23(17)12-24)15-6-8-16(9-7-15)19-14(3)21-11-26-19/h6-9,11-13,17-18H,4-5,10H2,1-3H3,(H,22,25). The SMILES string of the molecule is Cc1ncsc1-c1ccc(C(NC(=O)C2CCCN2C=O)C(C)C)cc1. The number of carbonyl (C=O) groups excluding carboxylic acids is 2. The average Bonchev–Trinajstić information content (AvgIpc) is 3.28. The number of rotatable bonds is 6. The van der Waals surface area contributed by atoms with Crippen molar-refractivity contribution < 1.29 is 9.59 Å². The summed E-state index contributed by atoms with van der Waals surface area (Å²) in [5.74, 6) is 0.191. The third-order valence-electron chi connectivity index (χ3n) is 4.97. The van der Waals surface area contributed by atoms with E-state index in [1.165, 1.54) is 4.88 Å². The lowest BCUT2D eigenvalue weighted by Crippen LogP contribution is -2.44. The van der Waals surface area contributed by atoms with Crippen LogP contribution in [-0.2, 0) is 9.59 Å². The van der Waals surface area contributed by atoms with Crippen LogP contribution < -0.4 is 5.32 Å². The molecular weight excluding hydrogens is 346 g/mol. The number of thiazole rings is 1. The molecule has 26 heavy (non-hydrogen) atoms. The van der Waals surface area contributed by atoms with Crippen molar-refractivity contribution in [3.05, 3.63) is 41.0 Å². The maximum Gasteiger partial charge on any atom is 0.243 e. The van der Waals surface area contributed by atoms with E-state index in [0.717, 1.165) is 36.1 Å². The molecule has 0 bridgehead atoms. The maximum atomic E-state index is 12.7. The fraction of sp³-hybridized carbons (Fsp3) is 0.450. The Morgan fingerprint density at radius 3 is 2.65 bits per heavy atom. The third-order valence-corrected chi connectivity index (χ3v) is 5.95. The van der Waals surface area contributed by atoms with E-state index in [-0.39, 0.29) is 23.9 Å². The second-order valence-corrected chi connectivity index (χ2v) is 7.98. The first kappa shape index (κ1) is 18.6. The smallest absolute Gasteiger partial charge is 0.243 e. The number of aromatic nitrogens is 1. The van der Waals surface area contributed by atoms with Crippen LogP contribution >= 0.6 is 11.3 Å². The second kappa shape index (κ2) is 7.99. The number of likely N-dealkylation sites (tertiary alicyclic amines) is 1. The Morgan fingerprint density at radius 1 is 1.35 bits per heavy atom. The van der Waals surface area contributed by atoms with Crippen molar-refractivity contribution in [1.29, 1.82) is 0 Å². The summed E-state index contributed by atoms with van der Waals surface area (Å²) in [6.45, 7) is 6.87. The molecule has 0 saturated carbocycles. The van der Waals surface area contributed by atoms with Gasteiger partial charge in [0.15, 0.2) is 0 Å². The van der Waals surface area contributed by atoms with Gasteiger partial charge in [-0.05, 0) is 36.8 Å². The summed E-state index contributed by atoms with van der Waals surface area (Å²) < 4.78 is 0. The van der Waals surface area contributed by atoms with E-state index in [9.17, 15) is 9.59 Å². The van der Waals surface area contributed by atoms with E-state index in [4.69, 9.17) is 0 Å². The van der Waals surface area contributed by atoms with Gasteiger partial charge in [0.05, 0.1) is 22.1 Å². The van der Waals surface area contributed by atoms with Crippen LogP contribution in [0.4, 0.5) is 0 Å². The van der Waals surface area contributed by atoms with Gasteiger partial charge in [0, 0.05) is 6.54 Å². The van der Waals surface area contributed by atoms with Crippen LogP contribution in [0.25, 0.3) is 10.4 Å². The summed E-state index contributed by atoms with van der Waals surface area (Å²) in [6.07, 6.45) is 2.40. The van der Waals surface area contributed by atoms with Crippen LogP contribution in [0.3, 0.4) is 0 Å². The molecule has 1 N–H and O–H groups in total. The Kier molecular flexibility index (Phi) is 5.71. The first-order valence-corrected chi connectivity index (χ1v) is 9.91. The zero-order valence-corrected chi connectivity index (χ0v) is 16.3. The maximum absolute atomic E-state index is 12.7. The van der Waals surface area contributed by atoms with Gasteiger partial charge in [0.1, 0.15) is 6.04 Å². The fourth-order valence-corrected chi connectivity index (χ4v) is 4.31. The highest BCUT2D eigenvalue weighted by Gasteiger charge is 2.31. The third kappa shape index (κ3) is 3.80. The van der Waals surface area contributed by atoms with E-state index >= 15 is 0 Å². The predicted octanol–water partition coefficient (Wildman–Crippen LogP) is 3.55. The van der Waals surface area contributed by atoms with Crippen LogP contribution in [0.15, 0.2) is 29.8 Å². The van der Waals surface area contributed by atoms with E-state index in [1.807, 2.05) is 12.4 Å². The van der Waals surface area contributed by atoms with Crippen LogP contribution in [0.2, 0.25) is 0 Å². The highest BCUT2D eigenvalue weighted by molar-refractivity contribution is 7.13. The molecule has 1 fully saturated rings. The predicted molar refractivity (Wildman–Crippen MR) is 104 cm³/mol. The number of nitrogens with zero attached hydrogens (tertiary/aromatic N) is 2.